The highest BCUT2D eigenvalue weighted by molar-refractivity contribution is 6.08. The largest absolute Gasteiger partial charge is 0.478 e. The molecule has 38 heavy (non-hydrogen) atoms. The maximum Gasteiger partial charge on any atom is 0.337 e. The van der Waals surface area contributed by atoms with E-state index in [1.807, 2.05) is 0 Å². The van der Waals surface area contributed by atoms with Gasteiger partial charge in [-0.15, -0.1) is 0 Å². The first-order valence-corrected chi connectivity index (χ1v) is 11.3. The molecule has 8 heteroatoms. The monoisotopic (exact) mass is 504 g/mol. The summed E-state index contributed by atoms with van der Waals surface area (Å²) in [5, 5.41) is 23.7. The van der Waals surface area contributed by atoms with Crippen molar-refractivity contribution in [1.29, 1.82) is 0 Å². The van der Waals surface area contributed by atoms with E-state index >= 15 is 0 Å². The number of carbonyl (C=O) groups excluding carboxylic acids is 2. The van der Waals surface area contributed by atoms with Gasteiger partial charge in [0.05, 0.1) is 22.5 Å². The van der Waals surface area contributed by atoms with E-state index in [4.69, 9.17) is 0 Å². The standard InChI is InChI=1S/C30H20N2O6/c33-27(31-25-7-3-1-5-23(25)29(35)36)21-15-11-19(12-16-21)9-10-20-13-17-22(18-14-20)28(34)32-26-8-4-2-6-24(26)30(37)38/h1-8,11-18H,(H,31,33)(H,32,34)(H,35,36)(H,37,38). The molecule has 4 aromatic carbocycles. The van der Waals surface area contributed by atoms with Crippen molar-refractivity contribution in [3.05, 3.63) is 130 Å². The number of nitrogens with one attached hydrogen (secondary N) is 2. The van der Waals surface area contributed by atoms with Gasteiger partial charge < -0.3 is 20.8 Å². The number of amides is 2. The van der Waals surface area contributed by atoms with Crippen LogP contribution in [0.25, 0.3) is 0 Å². The molecule has 0 spiro atoms. The lowest BCUT2D eigenvalue weighted by Gasteiger charge is -2.08. The number of benzene rings is 4. The average Bonchev–Trinajstić information content (AvgIpc) is 2.92. The van der Waals surface area contributed by atoms with Gasteiger partial charge in [-0.05, 0) is 72.8 Å². The lowest BCUT2D eigenvalue weighted by molar-refractivity contribution is 0.0687. The second-order valence-electron chi connectivity index (χ2n) is 8.01. The van der Waals surface area contributed by atoms with Crippen LogP contribution >= 0.6 is 0 Å². The number of rotatable bonds is 6. The number of carbonyl (C=O) groups is 4. The Morgan fingerprint density at radius 2 is 0.842 bits per heavy atom. The molecule has 0 saturated carbocycles. The molecule has 0 atom stereocenters. The molecule has 4 aromatic rings. The third-order valence-corrected chi connectivity index (χ3v) is 5.46. The van der Waals surface area contributed by atoms with Gasteiger partial charge in [-0.2, -0.15) is 0 Å². The van der Waals surface area contributed by atoms with Crippen LogP contribution in [0.5, 0.6) is 0 Å². The van der Waals surface area contributed by atoms with Gasteiger partial charge in [0.1, 0.15) is 0 Å². The van der Waals surface area contributed by atoms with Crippen LogP contribution in [0, 0.1) is 11.8 Å². The molecule has 8 nitrogen and oxygen atoms in total. The van der Waals surface area contributed by atoms with Crippen molar-refractivity contribution in [2.45, 2.75) is 0 Å². The van der Waals surface area contributed by atoms with Crippen LogP contribution in [-0.4, -0.2) is 34.0 Å². The van der Waals surface area contributed by atoms with E-state index in [-0.39, 0.29) is 22.5 Å². The lowest BCUT2D eigenvalue weighted by atomic mass is 10.1. The number of anilines is 2. The summed E-state index contributed by atoms with van der Waals surface area (Å²) in [6.07, 6.45) is 0. The molecular weight excluding hydrogens is 484 g/mol. The molecule has 0 radical (unpaired) electrons. The van der Waals surface area contributed by atoms with Crippen molar-refractivity contribution in [3.63, 3.8) is 0 Å². The zero-order chi connectivity index (χ0) is 27.1. The summed E-state index contributed by atoms with van der Waals surface area (Å²) in [4.78, 5) is 47.7. The zero-order valence-corrected chi connectivity index (χ0v) is 19.8. The quantitative estimate of drug-likeness (QED) is 0.274. The van der Waals surface area contributed by atoms with Crippen molar-refractivity contribution in [2.75, 3.05) is 10.6 Å². The Kier molecular flexibility index (Phi) is 7.60. The smallest absolute Gasteiger partial charge is 0.337 e. The topological polar surface area (TPSA) is 133 Å². The van der Waals surface area contributed by atoms with E-state index in [0.717, 1.165) is 0 Å². The summed E-state index contributed by atoms with van der Waals surface area (Å²) in [7, 11) is 0. The van der Waals surface area contributed by atoms with Crippen LogP contribution in [0.3, 0.4) is 0 Å². The molecule has 2 amide bonds. The Hall–Kier alpha value is -5.68. The second-order valence-corrected chi connectivity index (χ2v) is 8.01. The van der Waals surface area contributed by atoms with E-state index in [1.165, 1.54) is 24.3 Å². The number of hydrogen-bond donors (Lipinski definition) is 4. The lowest BCUT2D eigenvalue weighted by Crippen LogP contribution is -2.14. The Morgan fingerprint density at radius 3 is 1.18 bits per heavy atom. The molecule has 0 unspecified atom stereocenters. The molecule has 0 heterocycles. The van der Waals surface area contributed by atoms with Crippen LogP contribution in [0.15, 0.2) is 97.1 Å². The summed E-state index contributed by atoms with van der Waals surface area (Å²) in [6.45, 7) is 0. The van der Waals surface area contributed by atoms with Gasteiger partial charge in [0.2, 0.25) is 0 Å². The molecule has 0 aliphatic heterocycles. The van der Waals surface area contributed by atoms with Gasteiger partial charge in [0, 0.05) is 22.3 Å². The van der Waals surface area contributed by atoms with Gasteiger partial charge in [0.25, 0.3) is 11.8 Å². The fraction of sp³-hybridized carbons (Fsp3) is 0. The number of hydrogen-bond acceptors (Lipinski definition) is 4. The Labute approximate surface area is 217 Å². The zero-order valence-electron chi connectivity index (χ0n) is 19.8. The van der Waals surface area contributed by atoms with E-state index in [0.29, 0.717) is 22.3 Å². The number of para-hydroxylation sites is 2. The van der Waals surface area contributed by atoms with Crippen molar-refractivity contribution < 1.29 is 29.4 Å². The van der Waals surface area contributed by atoms with Crippen LogP contribution < -0.4 is 10.6 Å². The average molecular weight is 504 g/mol. The first kappa shape index (κ1) is 25.4. The first-order valence-electron chi connectivity index (χ1n) is 11.3. The molecule has 186 valence electrons. The van der Waals surface area contributed by atoms with E-state index in [9.17, 15) is 29.4 Å². The van der Waals surface area contributed by atoms with Crippen LogP contribution in [0.2, 0.25) is 0 Å². The summed E-state index contributed by atoms with van der Waals surface area (Å²) in [6, 6.07) is 25.3. The first-order chi connectivity index (χ1) is 18.3. The third kappa shape index (κ3) is 6.11. The SMILES string of the molecule is O=C(Nc1ccccc1C(=O)O)c1ccc(C#Cc2ccc(C(=O)Nc3ccccc3C(=O)O)cc2)cc1. The maximum absolute atomic E-state index is 12.5. The van der Waals surface area contributed by atoms with Gasteiger partial charge in [0.15, 0.2) is 0 Å². The van der Waals surface area contributed by atoms with Crippen LogP contribution in [0.4, 0.5) is 11.4 Å². The minimum absolute atomic E-state index is 0.00286. The van der Waals surface area contributed by atoms with Crippen molar-refractivity contribution >= 4 is 35.1 Å². The third-order valence-electron chi connectivity index (χ3n) is 5.46. The summed E-state index contributed by atoms with van der Waals surface area (Å²) < 4.78 is 0. The summed E-state index contributed by atoms with van der Waals surface area (Å²) >= 11 is 0. The minimum Gasteiger partial charge on any atom is -0.478 e. The Bertz CT molecular complexity index is 1480. The highest BCUT2D eigenvalue weighted by Crippen LogP contribution is 2.18. The Morgan fingerprint density at radius 1 is 0.500 bits per heavy atom. The van der Waals surface area contributed by atoms with Crippen molar-refractivity contribution in [3.8, 4) is 11.8 Å². The summed E-state index contributed by atoms with van der Waals surface area (Å²) in [5.74, 6) is 2.80. The normalized spacial score (nSPS) is 10.0. The van der Waals surface area contributed by atoms with Gasteiger partial charge >= 0.3 is 11.9 Å². The molecule has 4 rings (SSSR count). The highest BCUT2D eigenvalue weighted by Gasteiger charge is 2.14. The second kappa shape index (κ2) is 11.4. The van der Waals surface area contributed by atoms with Gasteiger partial charge in [-0.3, -0.25) is 9.59 Å². The van der Waals surface area contributed by atoms with Crippen molar-refractivity contribution in [1.82, 2.24) is 0 Å². The number of carboxylic acids is 2. The predicted octanol–water partition coefficient (Wildman–Crippen LogP) is 4.99. The number of aromatic carboxylic acids is 2. The fourth-order valence-corrected chi connectivity index (χ4v) is 3.50. The molecule has 0 aliphatic carbocycles. The molecule has 0 saturated heterocycles. The minimum atomic E-state index is -1.14. The molecule has 0 bridgehead atoms. The van der Waals surface area contributed by atoms with Gasteiger partial charge in [-0.1, -0.05) is 36.1 Å². The van der Waals surface area contributed by atoms with Crippen LogP contribution in [-0.2, 0) is 0 Å². The highest BCUT2D eigenvalue weighted by atomic mass is 16.4. The molecule has 4 N–H and O–H groups in total. The fourth-order valence-electron chi connectivity index (χ4n) is 3.50. The molecule has 0 fully saturated rings. The number of carboxylic acid groups (broad SMARTS) is 2. The van der Waals surface area contributed by atoms with E-state index < -0.39 is 23.8 Å². The van der Waals surface area contributed by atoms with E-state index in [2.05, 4.69) is 22.5 Å². The molecular formula is C30H20N2O6. The Balaban J connectivity index is 1.40. The van der Waals surface area contributed by atoms with Crippen LogP contribution in [0.1, 0.15) is 52.6 Å². The molecule has 0 aromatic heterocycles. The van der Waals surface area contributed by atoms with E-state index in [1.54, 1.807) is 72.8 Å². The molecule has 0 aliphatic rings. The predicted molar refractivity (Wildman–Crippen MR) is 142 cm³/mol. The van der Waals surface area contributed by atoms with Crippen molar-refractivity contribution in [2.24, 2.45) is 0 Å². The maximum atomic E-state index is 12.5. The van der Waals surface area contributed by atoms with Gasteiger partial charge in [-0.25, -0.2) is 9.59 Å². The summed E-state index contributed by atoms with van der Waals surface area (Å²) in [5.41, 5.74) is 2.40.